The Bertz CT molecular complexity index is 999. The highest BCUT2D eigenvalue weighted by molar-refractivity contribution is 7.81. The Morgan fingerprint density at radius 1 is 1.00 bits per heavy atom. The smallest absolute Gasteiger partial charge is 0.288 e. The third-order valence-corrected chi connectivity index (χ3v) is 4.72. The van der Waals surface area contributed by atoms with E-state index in [1.807, 2.05) is 56.6 Å². The zero-order chi connectivity index (χ0) is 19.4. The minimum absolute atomic E-state index is 0.0747. The molecular weight excluding hydrogens is 376 g/mol. The minimum atomic E-state index is 0.0747. The minimum Gasteiger partial charge on any atom is -0.502 e. The van der Waals surface area contributed by atoms with Crippen molar-refractivity contribution in [2.75, 3.05) is 5.32 Å². The zero-order valence-electron chi connectivity index (χ0n) is 15.1. The third kappa shape index (κ3) is 4.54. The van der Waals surface area contributed by atoms with Crippen molar-refractivity contribution < 1.29 is 9.67 Å². The summed E-state index contributed by atoms with van der Waals surface area (Å²) in [4.78, 5) is 0.423. The number of rotatable bonds is 4. The molecule has 0 saturated carbocycles. The molecule has 3 aromatic rings. The van der Waals surface area contributed by atoms with E-state index < -0.39 is 0 Å². The van der Waals surface area contributed by atoms with Crippen LogP contribution in [0.4, 0.5) is 5.69 Å². The Labute approximate surface area is 169 Å². The Balaban J connectivity index is 2.07. The lowest BCUT2D eigenvalue weighted by Crippen LogP contribution is -2.38. The molecule has 0 aliphatic carbocycles. The number of aryl methyl sites for hydroxylation is 2. The molecule has 0 radical (unpaired) electrons. The summed E-state index contributed by atoms with van der Waals surface area (Å²) >= 11 is 11.6. The van der Waals surface area contributed by atoms with E-state index in [-0.39, 0.29) is 5.76 Å². The summed E-state index contributed by atoms with van der Waals surface area (Å²) in [5.74, 6) is 0.0747. The van der Waals surface area contributed by atoms with Crippen LogP contribution in [0.3, 0.4) is 0 Å². The lowest BCUT2D eigenvalue weighted by atomic mass is 10.1. The van der Waals surface area contributed by atoms with Crippen molar-refractivity contribution in [1.82, 2.24) is 0 Å². The van der Waals surface area contributed by atoms with E-state index in [1.54, 1.807) is 28.8 Å². The molecule has 1 aromatic heterocycles. The number of nitrogens with one attached hydrogen (secondary N) is 1. The average Bonchev–Trinajstić information content (AvgIpc) is 2.66. The van der Waals surface area contributed by atoms with E-state index in [9.17, 15) is 5.11 Å². The molecule has 3 rings (SSSR count). The van der Waals surface area contributed by atoms with Crippen molar-refractivity contribution in [3.63, 3.8) is 0 Å². The van der Waals surface area contributed by atoms with E-state index in [1.165, 1.54) is 0 Å². The van der Waals surface area contributed by atoms with E-state index in [0.717, 1.165) is 16.8 Å². The Morgan fingerprint density at radius 2 is 1.67 bits per heavy atom. The Kier molecular flexibility index (Phi) is 5.89. The molecule has 0 aliphatic heterocycles. The third-order valence-electron chi connectivity index (χ3n) is 4.17. The predicted octanol–water partition coefficient (Wildman–Crippen LogP) is 5.57. The molecule has 27 heavy (non-hydrogen) atoms. The first-order valence-electron chi connectivity index (χ1n) is 8.50. The van der Waals surface area contributed by atoms with Crippen LogP contribution < -0.4 is 9.88 Å². The van der Waals surface area contributed by atoms with E-state index in [4.69, 9.17) is 23.8 Å². The van der Waals surface area contributed by atoms with Crippen molar-refractivity contribution in [2.45, 2.75) is 13.8 Å². The van der Waals surface area contributed by atoms with Crippen LogP contribution in [0.5, 0.6) is 0 Å². The van der Waals surface area contributed by atoms with Crippen LogP contribution in [-0.4, -0.2) is 10.1 Å². The molecule has 0 fully saturated rings. The van der Waals surface area contributed by atoms with Gasteiger partial charge >= 0.3 is 0 Å². The van der Waals surface area contributed by atoms with Gasteiger partial charge in [0.15, 0.2) is 23.1 Å². The summed E-state index contributed by atoms with van der Waals surface area (Å²) in [6.45, 7) is 4.05. The van der Waals surface area contributed by atoms with Crippen LogP contribution in [0, 0.1) is 13.8 Å². The molecule has 0 bridgehead atoms. The van der Waals surface area contributed by atoms with Crippen LogP contribution in [-0.2, 0) is 0 Å². The summed E-state index contributed by atoms with van der Waals surface area (Å²) in [6, 6.07) is 18.8. The van der Waals surface area contributed by atoms with Crippen LogP contribution in [0.1, 0.15) is 16.7 Å². The first-order chi connectivity index (χ1) is 13.0. The summed E-state index contributed by atoms with van der Waals surface area (Å²) in [6.07, 6.45) is 3.69. The normalized spacial score (nSPS) is 11.7. The van der Waals surface area contributed by atoms with Gasteiger partial charge in [-0.05, 0) is 55.3 Å². The fourth-order valence-electron chi connectivity index (χ4n) is 2.69. The van der Waals surface area contributed by atoms with Gasteiger partial charge in [0.2, 0.25) is 0 Å². The zero-order valence-corrected chi connectivity index (χ0v) is 16.7. The highest BCUT2D eigenvalue weighted by atomic mass is 35.5. The molecule has 3 nitrogen and oxygen atoms in total. The highest BCUT2D eigenvalue weighted by Crippen LogP contribution is 2.22. The van der Waals surface area contributed by atoms with Gasteiger partial charge in [-0.1, -0.05) is 42.0 Å². The quantitative estimate of drug-likeness (QED) is 0.262. The van der Waals surface area contributed by atoms with Crippen molar-refractivity contribution in [1.29, 1.82) is 0 Å². The molecule has 0 saturated heterocycles. The van der Waals surface area contributed by atoms with E-state index >= 15 is 0 Å². The number of anilines is 1. The van der Waals surface area contributed by atoms with Gasteiger partial charge in [-0.25, -0.2) is 0 Å². The molecule has 0 amide bonds. The Morgan fingerprint density at radius 3 is 2.33 bits per heavy atom. The molecule has 0 aliphatic rings. The maximum Gasteiger partial charge on any atom is 0.288 e. The summed E-state index contributed by atoms with van der Waals surface area (Å²) < 4.78 is 1.80. The topological polar surface area (TPSA) is 36.1 Å². The fourth-order valence-corrected chi connectivity index (χ4v) is 3.13. The molecule has 0 spiro atoms. The lowest BCUT2D eigenvalue weighted by molar-refractivity contribution is -0.575. The number of hydrogen-bond acceptors (Lipinski definition) is 2. The molecule has 0 atom stereocenters. The van der Waals surface area contributed by atoms with Crippen molar-refractivity contribution in [2.24, 2.45) is 0 Å². The standard InChI is InChI=1S/C22H19ClN2OS/c1-15-6-7-16(2)19(14-15)24-22(27)20(25-12-4-3-5-13-25)21(26)17-8-10-18(23)11-9-17/h3-14H,1-2H3,(H-,24,26,27)/p+1. The van der Waals surface area contributed by atoms with Crippen LogP contribution in [0.15, 0.2) is 73.1 Å². The molecule has 2 aromatic carbocycles. The molecule has 0 unspecified atom stereocenters. The number of benzene rings is 2. The Hall–Kier alpha value is -2.69. The van der Waals surface area contributed by atoms with Crippen molar-refractivity contribution in [3.8, 4) is 0 Å². The maximum absolute atomic E-state index is 11.0. The number of nitrogens with zero attached hydrogens (tertiary/aromatic N) is 1. The predicted molar refractivity (Wildman–Crippen MR) is 116 cm³/mol. The van der Waals surface area contributed by atoms with Gasteiger partial charge in [-0.2, -0.15) is 4.57 Å². The van der Waals surface area contributed by atoms with Gasteiger partial charge < -0.3 is 10.4 Å². The molecule has 136 valence electrons. The largest absolute Gasteiger partial charge is 0.502 e. The number of aliphatic hydroxyl groups excluding tert-OH is 1. The van der Waals surface area contributed by atoms with Crippen molar-refractivity contribution in [3.05, 3.63) is 94.8 Å². The van der Waals surface area contributed by atoms with Crippen LogP contribution in [0.25, 0.3) is 11.5 Å². The summed E-state index contributed by atoms with van der Waals surface area (Å²) in [7, 11) is 0. The van der Waals surface area contributed by atoms with Gasteiger partial charge in [0.1, 0.15) is 0 Å². The molecule has 1 heterocycles. The SMILES string of the molecule is Cc1ccc(C)c(NC(=S)/C(=C(\O)c2ccc(Cl)cc2)[n+]2ccccc2)c1. The first kappa shape index (κ1) is 19.1. The number of aromatic nitrogens is 1. The van der Waals surface area contributed by atoms with Gasteiger partial charge in [-0.15, -0.1) is 0 Å². The van der Waals surface area contributed by atoms with Gasteiger partial charge in [0.25, 0.3) is 5.70 Å². The first-order valence-corrected chi connectivity index (χ1v) is 9.29. The van der Waals surface area contributed by atoms with Gasteiger partial charge in [0, 0.05) is 28.4 Å². The van der Waals surface area contributed by atoms with Gasteiger partial charge in [0.05, 0.1) is 0 Å². The molecule has 5 heteroatoms. The van der Waals surface area contributed by atoms with Gasteiger partial charge in [-0.3, -0.25) is 0 Å². The average molecular weight is 396 g/mol. The lowest BCUT2D eigenvalue weighted by Gasteiger charge is -2.12. The number of hydrogen-bond donors (Lipinski definition) is 2. The van der Waals surface area contributed by atoms with E-state index in [2.05, 4.69) is 11.4 Å². The highest BCUT2D eigenvalue weighted by Gasteiger charge is 2.24. The second-order valence-electron chi connectivity index (χ2n) is 6.26. The maximum atomic E-state index is 11.0. The fraction of sp³-hybridized carbons (Fsp3) is 0.0909. The number of pyridine rings is 1. The number of thiocarbonyl (C=S) groups is 1. The van der Waals surface area contributed by atoms with Crippen molar-refractivity contribution >= 4 is 46.0 Å². The summed E-state index contributed by atoms with van der Waals surface area (Å²) in [5.41, 5.74) is 4.25. The second-order valence-corrected chi connectivity index (χ2v) is 7.10. The molecule has 2 N–H and O–H groups in total. The van der Waals surface area contributed by atoms with Crippen LogP contribution >= 0.6 is 23.8 Å². The van der Waals surface area contributed by atoms with Crippen LogP contribution in [0.2, 0.25) is 5.02 Å². The number of halogens is 1. The second kappa shape index (κ2) is 8.33. The monoisotopic (exact) mass is 395 g/mol. The molecular formula is C22H20ClN2OS+. The van der Waals surface area contributed by atoms with E-state index in [0.29, 0.717) is 21.3 Å². The number of aliphatic hydroxyl groups is 1. The summed E-state index contributed by atoms with van der Waals surface area (Å²) in [5, 5.41) is 14.9.